The van der Waals surface area contributed by atoms with Gasteiger partial charge in [0, 0.05) is 17.1 Å². The van der Waals surface area contributed by atoms with Crippen LogP contribution in [0.25, 0.3) is 0 Å². The minimum Gasteiger partial charge on any atom is -0.352 e. The molecule has 3 amide bonds. The van der Waals surface area contributed by atoms with Crippen LogP contribution in [0.5, 0.6) is 0 Å². The van der Waals surface area contributed by atoms with Gasteiger partial charge in [-0.05, 0) is 54.4 Å². The van der Waals surface area contributed by atoms with Gasteiger partial charge < -0.3 is 16.0 Å². The quantitative estimate of drug-likeness (QED) is 0.600. The van der Waals surface area contributed by atoms with Gasteiger partial charge in [-0.25, -0.2) is 0 Å². The van der Waals surface area contributed by atoms with E-state index in [0.29, 0.717) is 5.92 Å². The van der Waals surface area contributed by atoms with E-state index in [1.807, 2.05) is 62.3 Å². The summed E-state index contributed by atoms with van der Waals surface area (Å²) in [4.78, 5) is 38.3. The first-order chi connectivity index (χ1) is 11.6. The predicted octanol–water partition coefficient (Wildman–Crippen LogP) is 1.28. The lowest BCUT2D eigenvalue weighted by molar-refractivity contribution is -0.128. The Morgan fingerprint density at radius 2 is 1.08 bits per heavy atom. The average Bonchev–Trinajstić information content (AvgIpc) is 2.32. The second-order valence-corrected chi connectivity index (χ2v) is 9.34. The number of rotatable bonds is 8. The van der Waals surface area contributed by atoms with Crippen LogP contribution < -0.4 is 16.0 Å². The lowest BCUT2D eigenvalue weighted by Gasteiger charge is -2.27. The second kappa shape index (κ2) is 9.90. The number of amides is 3. The number of nitrogens with zero attached hydrogens (tertiary/aromatic N) is 1. The Kier molecular flexibility index (Phi) is 9.28. The molecule has 7 nitrogen and oxygen atoms in total. The third-order valence-corrected chi connectivity index (χ3v) is 3.52. The lowest BCUT2D eigenvalue weighted by Crippen LogP contribution is -2.52. The van der Waals surface area contributed by atoms with Gasteiger partial charge in [0.2, 0.25) is 17.7 Å². The Bertz CT molecular complexity index is 460. The molecule has 0 aliphatic rings. The van der Waals surface area contributed by atoms with Gasteiger partial charge in [0.25, 0.3) is 0 Å². The van der Waals surface area contributed by atoms with Crippen LogP contribution in [-0.4, -0.2) is 59.4 Å². The molecule has 0 radical (unpaired) electrons. The van der Waals surface area contributed by atoms with Crippen molar-refractivity contribution in [2.45, 2.75) is 79.4 Å². The first-order valence-electron chi connectivity index (χ1n) is 9.23. The first kappa shape index (κ1) is 24.4. The molecule has 0 spiro atoms. The van der Waals surface area contributed by atoms with Gasteiger partial charge in [0.15, 0.2) is 0 Å². The van der Waals surface area contributed by atoms with Crippen molar-refractivity contribution in [1.82, 2.24) is 20.9 Å². The minimum atomic E-state index is -0.370. The second-order valence-electron chi connectivity index (χ2n) is 9.34. The molecule has 0 fully saturated rings. The Morgan fingerprint density at radius 3 is 1.38 bits per heavy atom. The van der Waals surface area contributed by atoms with Crippen LogP contribution in [0.2, 0.25) is 0 Å². The SMILES string of the molecule is CC(C)C(C)NC(=O)CN(CC(=O)NC(C)(C)C)CC(=O)NC(C)(C)C. The van der Waals surface area contributed by atoms with Gasteiger partial charge in [0.05, 0.1) is 19.6 Å². The molecule has 0 saturated heterocycles. The van der Waals surface area contributed by atoms with Gasteiger partial charge in [-0.2, -0.15) is 0 Å². The average molecular weight is 371 g/mol. The van der Waals surface area contributed by atoms with E-state index >= 15 is 0 Å². The fourth-order valence-corrected chi connectivity index (χ4v) is 2.16. The Balaban J connectivity index is 4.95. The van der Waals surface area contributed by atoms with Crippen molar-refractivity contribution in [2.75, 3.05) is 19.6 Å². The van der Waals surface area contributed by atoms with Crippen molar-refractivity contribution in [1.29, 1.82) is 0 Å². The van der Waals surface area contributed by atoms with E-state index in [1.54, 1.807) is 4.90 Å². The summed E-state index contributed by atoms with van der Waals surface area (Å²) >= 11 is 0. The van der Waals surface area contributed by atoms with Crippen molar-refractivity contribution in [2.24, 2.45) is 5.92 Å². The lowest BCUT2D eigenvalue weighted by atomic mass is 10.1. The number of hydrogen-bond acceptors (Lipinski definition) is 4. The van der Waals surface area contributed by atoms with Crippen molar-refractivity contribution in [3.63, 3.8) is 0 Å². The molecule has 0 rings (SSSR count). The zero-order valence-corrected chi connectivity index (χ0v) is 17.9. The smallest absolute Gasteiger partial charge is 0.234 e. The van der Waals surface area contributed by atoms with Crippen molar-refractivity contribution in [3.8, 4) is 0 Å². The topological polar surface area (TPSA) is 90.5 Å². The molecule has 0 aliphatic carbocycles. The van der Waals surface area contributed by atoms with Gasteiger partial charge in [-0.1, -0.05) is 13.8 Å². The van der Waals surface area contributed by atoms with Crippen molar-refractivity contribution in [3.05, 3.63) is 0 Å². The first-order valence-corrected chi connectivity index (χ1v) is 9.23. The highest BCUT2D eigenvalue weighted by Crippen LogP contribution is 2.02. The molecule has 0 aliphatic heterocycles. The fraction of sp³-hybridized carbons (Fsp3) is 0.842. The zero-order valence-electron chi connectivity index (χ0n) is 17.9. The highest BCUT2D eigenvalue weighted by molar-refractivity contribution is 5.84. The highest BCUT2D eigenvalue weighted by Gasteiger charge is 2.23. The van der Waals surface area contributed by atoms with E-state index in [2.05, 4.69) is 16.0 Å². The third-order valence-electron chi connectivity index (χ3n) is 3.52. The molecule has 7 heteroatoms. The van der Waals surface area contributed by atoms with Gasteiger partial charge in [0.1, 0.15) is 0 Å². The Hall–Kier alpha value is -1.63. The van der Waals surface area contributed by atoms with E-state index in [1.165, 1.54) is 0 Å². The molecule has 3 N–H and O–H groups in total. The summed E-state index contributed by atoms with van der Waals surface area (Å²) < 4.78 is 0. The number of carbonyl (C=O) groups excluding carboxylic acids is 3. The molecule has 0 aromatic rings. The van der Waals surface area contributed by atoms with E-state index in [-0.39, 0.29) is 54.5 Å². The van der Waals surface area contributed by atoms with Crippen LogP contribution in [-0.2, 0) is 14.4 Å². The third kappa shape index (κ3) is 12.7. The van der Waals surface area contributed by atoms with Crippen molar-refractivity contribution < 1.29 is 14.4 Å². The molecule has 152 valence electrons. The maximum atomic E-state index is 12.3. The largest absolute Gasteiger partial charge is 0.352 e. The summed E-state index contributed by atoms with van der Waals surface area (Å²) in [6, 6.07) is 0.0242. The summed E-state index contributed by atoms with van der Waals surface area (Å²) in [7, 11) is 0. The van der Waals surface area contributed by atoms with E-state index < -0.39 is 0 Å². The molecular weight excluding hydrogens is 332 g/mol. The molecule has 1 atom stereocenters. The molecule has 0 saturated carbocycles. The Labute approximate surface area is 158 Å². The molecule has 0 heterocycles. The zero-order chi connectivity index (χ0) is 20.7. The highest BCUT2D eigenvalue weighted by atomic mass is 16.2. The Morgan fingerprint density at radius 1 is 0.731 bits per heavy atom. The maximum absolute atomic E-state index is 12.3. The summed E-state index contributed by atoms with van der Waals surface area (Å²) in [6.07, 6.45) is 0. The minimum absolute atomic E-state index is 0.00775. The van der Waals surface area contributed by atoms with E-state index in [9.17, 15) is 14.4 Å². The number of hydrogen-bond donors (Lipinski definition) is 3. The predicted molar refractivity (Wildman–Crippen MR) is 105 cm³/mol. The van der Waals surface area contributed by atoms with Gasteiger partial charge in [-0.3, -0.25) is 19.3 Å². The number of carbonyl (C=O) groups is 3. The molecular formula is C19H38N4O3. The van der Waals surface area contributed by atoms with Crippen LogP contribution in [0, 0.1) is 5.92 Å². The van der Waals surface area contributed by atoms with Gasteiger partial charge in [-0.15, -0.1) is 0 Å². The molecule has 0 bridgehead atoms. The van der Waals surface area contributed by atoms with Crippen LogP contribution in [0.3, 0.4) is 0 Å². The standard InChI is InChI=1S/C19H38N4O3/c1-13(2)14(3)20-15(24)10-23(11-16(25)21-18(4,5)6)12-17(26)22-19(7,8)9/h13-14H,10-12H2,1-9H3,(H,20,24)(H,21,25)(H,22,26). The van der Waals surface area contributed by atoms with E-state index in [4.69, 9.17) is 0 Å². The van der Waals surface area contributed by atoms with Crippen LogP contribution in [0.15, 0.2) is 0 Å². The summed E-state index contributed by atoms with van der Waals surface area (Å²) in [5, 5.41) is 8.63. The van der Waals surface area contributed by atoms with Gasteiger partial charge >= 0.3 is 0 Å². The molecule has 0 aromatic heterocycles. The van der Waals surface area contributed by atoms with Crippen LogP contribution >= 0.6 is 0 Å². The summed E-state index contributed by atoms with van der Waals surface area (Å²) in [6.45, 7) is 17.3. The molecule has 0 aromatic carbocycles. The fourth-order valence-electron chi connectivity index (χ4n) is 2.16. The van der Waals surface area contributed by atoms with Crippen LogP contribution in [0.1, 0.15) is 62.3 Å². The van der Waals surface area contributed by atoms with Crippen LogP contribution in [0.4, 0.5) is 0 Å². The molecule has 1 unspecified atom stereocenters. The van der Waals surface area contributed by atoms with E-state index in [0.717, 1.165) is 0 Å². The number of nitrogens with one attached hydrogen (secondary N) is 3. The monoisotopic (exact) mass is 370 g/mol. The summed E-state index contributed by atoms with van der Waals surface area (Å²) in [5.41, 5.74) is -0.740. The van der Waals surface area contributed by atoms with Crippen molar-refractivity contribution >= 4 is 17.7 Å². The molecule has 26 heavy (non-hydrogen) atoms. The summed E-state index contributed by atoms with van der Waals surface area (Å²) in [5.74, 6) is -0.323. The normalized spacial score (nSPS) is 13.5. The maximum Gasteiger partial charge on any atom is 0.234 e.